The zero-order valence-corrected chi connectivity index (χ0v) is 13.0. The van der Waals surface area contributed by atoms with E-state index < -0.39 is 0 Å². The van der Waals surface area contributed by atoms with Crippen LogP contribution < -0.4 is 10.1 Å². The Balaban J connectivity index is 1.74. The minimum absolute atomic E-state index is 0.0639. The number of halogens is 2. The number of hydrogen-bond acceptors (Lipinski definition) is 2. The zero-order chi connectivity index (χ0) is 15.9. The molecule has 0 bridgehead atoms. The quantitative estimate of drug-likeness (QED) is 0.884. The first-order valence-electron chi connectivity index (χ1n) is 6.94. The molecule has 0 spiro atoms. The number of benzene rings is 2. The molecule has 0 radical (unpaired) electrons. The summed E-state index contributed by atoms with van der Waals surface area (Å²) in [7, 11) is 0. The van der Waals surface area contributed by atoms with Gasteiger partial charge in [-0.1, -0.05) is 23.7 Å². The molecule has 2 aromatic rings. The second-order valence-electron chi connectivity index (χ2n) is 4.93. The van der Waals surface area contributed by atoms with Crippen LogP contribution in [-0.2, 0) is 11.2 Å². The number of rotatable bonds is 6. The number of hydrogen-bond donors (Lipinski definition) is 1. The van der Waals surface area contributed by atoms with Gasteiger partial charge in [0.05, 0.1) is 0 Å². The first-order valence-corrected chi connectivity index (χ1v) is 7.32. The SMILES string of the molecule is Cc1cc(Cl)ccc1OCC(=O)NCCc1cccc(F)c1. The molecular formula is C17H17ClFNO2. The minimum atomic E-state index is -0.273. The van der Waals surface area contributed by atoms with E-state index in [9.17, 15) is 9.18 Å². The fraction of sp³-hybridized carbons (Fsp3) is 0.235. The molecule has 0 fully saturated rings. The molecule has 116 valence electrons. The van der Waals surface area contributed by atoms with E-state index in [4.69, 9.17) is 16.3 Å². The molecule has 2 aromatic carbocycles. The molecule has 0 heterocycles. The Kier molecular flexibility index (Phi) is 5.78. The van der Waals surface area contributed by atoms with Gasteiger partial charge >= 0.3 is 0 Å². The smallest absolute Gasteiger partial charge is 0.257 e. The lowest BCUT2D eigenvalue weighted by atomic mass is 10.1. The first-order chi connectivity index (χ1) is 10.5. The van der Waals surface area contributed by atoms with E-state index in [-0.39, 0.29) is 18.3 Å². The Morgan fingerprint density at radius 2 is 2.09 bits per heavy atom. The number of ether oxygens (including phenoxy) is 1. The molecule has 0 aliphatic carbocycles. The summed E-state index contributed by atoms with van der Waals surface area (Å²) in [6.07, 6.45) is 0.573. The van der Waals surface area contributed by atoms with Gasteiger partial charge < -0.3 is 10.1 Å². The summed E-state index contributed by atoms with van der Waals surface area (Å²) in [5, 5.41) is 3.37. The molecular weight excluding hydrogens is 305 g/mol. The maximum absolute atomic E-state index is 13.0. The lowest BCUT2D eigenvalue weighted by Crippen LogP contribution is -2.30. The third-order valence-electron chi connectivity index (χ3n) is 3.12. The van der Waals surface area contributed by atoms with Gasteiger partial charge in [0.25, 0.3) is 5.91 Å². The van der Waals surface area contributed by atoms with Crippen molar-refractivity contribution >= 4 is 17.5 Å². The van der Waals surface area contributed by atoms with E-state index in [1.54, 1.807) is 24.3 Å². The highest BCUT2D eigenvalue weighted by Gasteiger charge is 2.05. The third-order valence-corrected chi connectivity index (χ3v) is 3.36. The monoisotopic (exact) mass is 321 g/mol. The van der Waals surface area contributed by atoms with Crippen LogP contribution in [0.4, 0.5) is 4.39 Å². The molecule has 22 heavy (non-hydrogen) atoms. The van der Waals surface area contributed by atoms with Gasteiger partial charge in [-0.25, -0.2) is 4.39 Å². The van der Waals surface area contributed by atoms with Crippen molar-refractivity contribution in [2.75, 3.05) is 13.2 Å². The van der Waals surface area contributed by atoms with Crippen molar-refractivity contribution in [1.82, 2.24) is 5.32 Å². The van der Waals surface area contributed by atoms with Crippen molar-refractivity contribution in [2.24, 2.45) is 0 Å². The summed E-state index contributed by atoms with van der Waals surface area (Å²) in [5.41, 5.74) is 1.72. The predicted octanol–water partition coefficient (Wildman–Crippen LogP) is 3.53. The molecule has 0 saturated heterocycles. The van der Waals surface area contributed by atoms with E-state index in [0.717, 1.165) is 11.1 Å². The van der Waals surface area contributed by atoms with Crippen molar-refractivity contribution in [1.29, 1.82) is 0 Å². The molecule has 0 unspecified atom stereocenters. The van der Waals surface area contributed by atoms with E-state index in [1.165, 1.54) is 12.1 Å². The fourth-order valence-corrected chi connectivity index (χ4v) is 2.23. The second kappa shape index (κ2) is 7.80. The van der Waals surface area contributed by atoms with E-state index in [1.807, 2.05) is 13.0 Å². The normalized spacial score (nSPS) is 10.3. The number of nitrogens with one attached hydrogen (secondary N) is 1. The summed E-state index contributed by atoms with van der Waals surface area (Å²) in [4.78, 5) is 11.7. The molecule has 0 saturated carbocycles. The van der Waals surface area contributed by atoms with Crippen LogP contribution in [0.25, 0.3) is 0 Å². The average Bonchev–Trinajstić information content (AvgIpc) is 2.46. The van der Waals surface area contributed by atoms with Crippen LogP contribution in [0.2, 0.25) is 5.02 Å². The molecule has 2 rings (SSSR count). The van der Waals surface area contributed by atoms with Gasteiger partial charge in [-0.15, -0.1) is 0 Å². The Labute approximate surface area is 134 Å². The van der Waals surface area contributed by atoms with Crippen LogP contribution in [-0.4, -0.2) is 19.1 Å². The van der Waals surface area contributed by atoms with Crippen molar-refractivity contribution in [3.05, 3.63) is 64.4 Å². The summed E-state index contributed by atoms with van der Waals surface area (Å²) in [6, 6.07) is 11.5. The molecule has 0 atom stereocenters. The summed E-state index contributed by atoms with van der Waals surface area (Å²) >= 11 is 5.86. The van der Waals surface area contributed by atoms with E-state index >= 15 is 0 Å². The topological polar surface area (TPSA) is 38.3 Å². The summed E-state index contributed by atoms with van der Waals surface area (Å²) in [6.45, 7) is 2.24. The Morgan fingerprint density at radius 3 is 2.82 bits per heavy atom. The zero-order valence-electron chi connectivity index (χ0n) is 12.2. The van der Waals surface area contributed by atoms with Crippen LogP contribution in [0.3, 0.4) is 0 Å². The number of aryl methyl sites for hydroxylation is 1. The van der Waals surface area contributed by atoms with Crippen molar-refractivity contribution in [3.8, 4) is 5.75 Å². The van der Waals surface area contributed by atoms with E-state index in [0.29, 0.717) is 23.7 Å². The highest BCUT2D eigenvalue weighted by molar-refractivity contribution is 6.30. The maximum Gasteiger partial charge on any atom is 0.257 e. The Hall–Kier alpha value is -2.07. The van der Waals surface area contributed by atoms with Crippen LogP contribution in [0.15, 0.2) is 42.5 Å². The highest BCUT2D eigenvalue weighted by atomic mass is 35.5. The highest BCUT2D eigenvalue weighted by Crippen LogP contribution is 2.21. The Bertz CT molecular complexity index is 661. The third kappa shape index (κ3) is 5.04. The van der Waals surface area contributed by atoms with Crippen molar-refractivity contribution in [3.63, 3.8) is 0 Å². The van der Waals surface area contributed by atoms with Gasteiger partial charge in [-0.05, 0) is 54.8 Å². The largest absolute Gasteiger partial charge is 0.484 e. The van der Waals surface area contributed by atoms with Crippen LogP contribution in [0, 0.1) is 12.7 Å². The van der Waals surface area contributed by atoms with Crippen LogP contribution in [0.1, 0.15) is 11.1 Å². The molecule has 1 amide bonds. The van der Waals surface area contributed by atoms with E-state index in [2.05, 4.69) is 5.32 Å². The van der Waals surface area contributed by atoms with Gasteiger partial charge in [0.2, 0.25) is 0 Å². The van der Waals surface area contributed by atoms with Crippen molar-refractivity contribution in [2.45, 2.75) is 13.3 Å². The Morgan fingerprint density at radius 1 is 1.27 bits per heavy atom. The van der Waals surface area contributed by atoms with Gasteiger partial charge in [-0.2, -0.15) is 0 Å². The molecule has 0 aliphatic heterocycles. The fourth-order valence-electron chi connectivity index (χ4n) is 2.01. The standard InChI is InChI=1S/C17H17ClFNO2/c1-12-9-14(18)5-6-16(12)22-11-17(21)20-8-7-13-3-2-4-15(19)10-13/h2-6,9-10H,7-8,11H2,1H3,(H,20,21). The van der Waals surface area contributed by atoms with Gasteiger partial charge in [-0.3, -0.25) is 4.79 Å². The lowest BCUT2D eigenvalue weighted by molar-refractivity contribution is -0.123. The van der Waals surface area contributed by atoms with Gasteiger partial charge in [0.1, 0.15) is 11.6 Å². The molecule has 0 aromatic heterocycles. The minimum Gasteiger partial charge on any atom is -0.484 e. The van der Waals surface area contributed by atoms with Gasteiger partial charge in [0.15, 0.2) is 6.61 Å². The predicted molar refractivity (Wildman–Crippen MR) is 84.8 cm³/mol. The molecule has 5 heteroatoms. The number of amides is 1. The van der Waals surface area contributed by atoms with Crippen molar-refractivity contribution < 1.29 is 13.9 Å². The first kappa shape index (κ1) is 16.3. The molecule has 3 nitrogen and oxygen atoms in total. The molecule has 0 aliphatic rings. The maximum atomic E-state index is 13.0. The number of carbonyl (C=O) groups is 1. The summed E-state index contributed by atoms with van der Waals surface area (Å²) in [5.74, 6) is 0.140. The average molecular weight is 322 g/mol. The van der Waals surface area contributed by atoms with Gasteiger partial charge in [0, 0.05) is 11.6 Å². The second-order valence-corrected chi connectivity index (χ2v) is 5.36. The lowest BCUT2D eigenvalue weighted by Gasteiger charge is -2.10. The van der Waals surface area contributed by atoms with Crippen LogP contribution >= 0.6 is 11.6 Å². The van der Waals surface area contributed by atoms with Crippen LogP contribution in [0.5, 0.6) is 5.75 Å². The molecule has 1 N–H and O–H groups in total. The summed E-state index contributed by atoms with van der Waals surface area (Å²) < 4.78 is 18.5. The number of carbonyl (C=O) groups excluding carboxylic acids is 1.